The molecular formula is C19H20N6O3S. The smallest absolute Gasteiger partial charge is 0.248 e. The molecule has 2 aliphatic rings. The van der Waals surface area contributed by atoms with Crippen LogP contribution in [0.5, 0.6) is 11.5 Å². The number of fused-ring (bicyclic) bond motifs is 1. The van der Waals surface area contributed by atoms with Crippen molar-refractivity contribution in [2.45, 2.75) is 25.3 Å². The molecule has 1 amide bonds. The highest BCUT2D eigenvalue weighted by atomic mass is 32.1. The Bertz CT molecular complexity index is 1010. The number of rotatable bonds is 6. The van der Waals surface area contributed by atoms with E-state index in [4.69, 9.17) is 9.47 Å². The third kappa shape index (κ3) is 3.63. The van der Waals surface area contributed by atoms with Crippen molar-refractivity contribution in [3.8, 4) is 17.4 Å². The molecule has 29 heavy (non-hydrogen) atoms. The monoisotopic (exact) mass is 412 g/mol. The van der Waals surface area contributed by atoms with E-state index in [1.807, 2.05) is 23.1 Å². The van der Waals surface area contributed by atoms with Gasteiger partial charge in [0.25, 0.3) is 0 Å². The van der Waals surface area contributed by atoms with Gasteiger partial charge in [-0.3, -0.25) is 9.36 Å². The van der Waals surface area contributed by atoms with Crippen LogP contribution in [0.4, 0.5) is 5.13 Å². The minimum absolute atomic E-state index is 0.0302. The topological polar surface area (TPSA) is 94.4 Å². The summed E-state index contributed by atoms with van der Waals surface area (Å²) in [6, 6.07) is 5.66. The van der Waals surface area contributed by atoms with Gasteiger partial charge in [-0.2, -0.15) is 9.36 Å². The number of ether oxygens (including phenoxy) is 2. The Balaban J connectivity index is 1.19. The summed E-state index contributed by atoms with van der Waals surface area (Å²) in [7, 11) is 0. The Hall–Kier alpha value is -3.14. The molecule has 1 saturated heterocycles. The zero-order valence-electron chi connectivity index (χ0n) is 15.7. The highest BCUT2D eigenvalue weighted by Crippen LogP contribution is 2.32. The van der Waals surface area contributed by atoms with E-state index >= 15 is 0 Å². The SMILES string of the molecule is O=C(NCCc1ccc2c(c1)OCO2)[C@H]1CCCN1c1nc(-n2ccnc2)ns1. The number of amides is 1. The van der Waals surface area contributed by atoms with Crippen molar-refractivity contribution in [1.82, 2.24) is 24.2 Å². The van der Waals surface area contributed by atoms with Crippen LogP contribution in [0.15, 0.2) is 36.9 Å². The van der Waals surface area contributed by atoms with Crippen LogP contribution in [0, 0.1) is 0 Å². The Morgan fingerprint density at radius 2 is 2.24 bits per heavy atom. The molecule has 5 rings (SSSR count). The van der Waals surface area contributed by atoms with Crippen LogP contribution in [-0.2, 0) is 11.2 Å². The van der Waals surface area contributed by atoms with Crippen LogP contribution in [0.1, 0.15) is 18.4 Å². The maximum atomic E-state index is 12.8. The minimum Gasteiger partial charge on any atom is -0.454 e. The van der Waals surface area contributed by atoms with E-state index in [1.54, 1.807) is 23.3 Å². The molecule has 0 aliphatic carbocycles. The molecule has 0 unspecified atom stereocenters. The number of anilines is 1. The van der Waals surface area contributed by atoms with Crippen molar-refractivity contribution >= 4 is 22.6 Å². The van der Waals surface area contributed by atoms with Gasteiger partial charge in [0.15, 0.2) is 11.5 Å². The molecule has 3 aromatic rings. The van der Waals surface area contributed by atoms with Gasteiger partial charge in [-0.15, -0.1) is 0 Å². The fourth-order valence-corrected chi connectivity index (χ4v) is 4.36. The molecule has 1 N–H and O–H groups in total. The first kappa shape index (κ1) is 17.9. The Kier molecular flexibility index (Phi) is 4.76. The van der Waals surface area contributed by atoms with Gasteiger partial charge in [0.2, 0.25) is 23.8 Å². The third-order valence-corrected chi connectivity index (χ3v) is 5.83. The van der Waals surface area contributed by atoms with Gasteiger partial charge in [-0.1, -0.05) is 6.07 Å². The van der Waals surface area contributed by atoms with Crippen molar-refractivity contribution in [3.63, 3.8) is 0 Å². The van der Waals surface area contributed by atoms with Gasteiger partial charge in [0, 0.05) is 37.0 Å². The molecule has 0 spiro atoms. The lowest BCUT2D eigenvalue weighted by Gasteiger charge is -2.22. The Morgan fingerprint density at radius 1 is 1.31 bits per heavy atom. The number of hydrogen-bond acceptors (Lipinski definition) is 8. The lowest BCUT2D eigenvalue weighted by atomic mass is 10.1. The maximum Gasteiger partial charge on any atom is 0.248 e. The number of carbonyl (C=O) groups is 1. The zero-order valence-corrected chi connectivity index (χ0v) is 16.5. The molecule has 9 nitrogen and oxygen atoms in total. The molecule has 1 aromatic carbocycles. The van der Waals surface area contributed by atoms with E-state index < -0.39 is 0 Å². The molecule has 4 heterocycles. The number of carbonyl (C=O) groups excluding carboxylic acids is 1. The number of benzene rings is 1. The van der Waals surface area contributed by atoms with Gasteiger partial charge in [0.05, 0.1) is 0 Å². The van der Waals surface area contributed by atoms with Crippen molar-refractivity contribution in [3.05, 3.63) is 42.5 Å². The molecule has 2 aromatic heterocycles. The summed E-state index contributed by atoms with van der Waals surface area (Å²) in [4.78, 5) is 23.4. The molecule has 2 aliphatic heterocycles. The highest BCUT2D eigenvalue weighted by Gasteiger charge is 2.32. The van der Waals surface area contributed by atoms with Crippen LogP contribution in [0.2, 0.25) is 0 Å². The van der Waals surface area contributed by atoms with Crippen molar-refractivity contribution in [1.29, 1.82) is 0 Å². The molecular weight excluding hydrogens is 392 g/mol. The molecule has 10 heteroatoms. The number of nitrogens with zero attached hydrogens (tertiary/aromatic N) is 5. The first-order valence-corrected chi connectivity index (χ1v) is 10.3. The number of nitrogens with one attached hydrogen (secondary N) is 1. The Labute approximate surface area is 171 Å². The summed E-state index contributed by atoms with van der Waals surface area (Å²) in [5.41, 5.74) is 1.10. The van der Waals surface area contributed by atoms with Crippen LogP contribution >= 0.6 is 11.5 Å². The predicted octanol–water partition coefficient (Wildman–Crippen LogP) is 1.78. The summed E-state index contributed by atoms with van der Waals surface area (Å²) in [6.45, 7) is 1.64. The quantitative estimate of drug-likeness (QED) is 0.659. The summed E-state index contributed by atoms with van der Waals surface area (Å²) in [6.07, 6.45) is 7.66. The highest BCUT2D eigenvalue weighted by molar-refractivity contribution is 7.09. The summed E-state index contributed by atoms with van der Waals surface area (Å²) in [5.74, 6) is 2.14. The van der Waals surface area contributed by atoms with E-state index in [0.717, 1.165) is 48.0 Å². The van der Waals surface area contributed by atoms with Gasteiger partial charge in [-0.25, -0.2) is 4.98 Å². The van der Waals surface area contributed by atoms with E-state index in [-0.39, 0.29) is 18.7 Å². The summed E-state index contributed by atoms with van der Waals surface area (Å²) in [5, 5.41) is 3.83. The van der Waals surface area contributed by atoms with E-state index in [0.29, 0.717) is 12.5 Å². The fraction of sp³-hybridized carbons (Fsp3) is 0.368. The second kappa shape index (κ2) is 7.70. The molecule has 150 valence electrons. The van der Waals surface area contributed by atoms with Crippen LogP contribution < -0.4 is 19.7 Å². The second-order valence-corrected chi connectivity index (χ2v) is 7.66. The van der Waals surface area contributed by atoms with Gasteiger partial charge < -0.3 is 19.7 Å². The normalized spacial score (nSPS) is 17.7. The molecule has 1 atom stereocenters. The average molecular weight is 412 g/mol. The number of aromatic nitrogens is 4. The molecule has 1 fully saturated rings. The standard InChI is InChI=1S/C19H20N6O3S/c26-17(21-6-5-13-3-4-15-16(10-13)28-12-27-15)14-2-1-8-25(14)19-22-18(23-29-19)24-9-7-20-11-24/h3-4,7,9-11,14H,1-2,5-6,8,12H2,(H,21,26)/t14-/m1/s1. The summed E-state index contributed by atoms with van der Waals surface area (Å²) >= 11 is 1.31. The Morgan fingerprint density at radius 3 is 3.14 bits per heavy atom. The van der Waals surface area contributed by atoms with E-state index in [9.17, 15) is 4.79 Å². The van der Waals surface area contributed by atoms with Gasteiger partial charge >= 0.3 is 0 Å². The third-order valence-electron chi connectivity index (χ3n) is 5.09. The molecule has 0 bridgehead atoms. The largest absolute Gasteiger partial charge is 0.454 e. The molecule has 0 saturated carbocycles. The van der Waals surface area contributed by atoms with E-state index in [1.165, 1.54) is 11.5 Å². The average Bonchev–Trinajstić information content (AvgIpc) is 3.54. The first-order chi connectivity index (χ1) is 14.3. The van der Waals surface area contributed by atoms with Gasteiger partial charge in [0.1, 0.15) is 12.4 Å². The lowest BCUT2D eigenvalue weighted by Crippen LogP contribution is -2.44. The molecule has 0 radical (unpaired) electrons. The minimum atomic E-state index is -0.213. The predicted molar refractivity (Wildman–Crippen MR) is 107 cm³/mol. The van der Waals surface area contributed by atoms with Crippen molar-refractivity contribution in [2.24, 2.45) is 0 Å². The van der Waals surface area contributed by atoms with E-state index in [2.05, 4.69) is 19.7 Å². The first-order valence-electron chi connectivity index (χ1n) is 9.53. The number of hydrogen-bond donors (Lipinski definition) is 1. The van der Waals surface area contributed by atoms with Crippen LogP contribution in [0.25, 0.3) is 5.95 Å². The zero-order chi connectivity index (χ0) is 19.6. The maximum absolute atomic E-state index is 12.8. The van der Waals surface area contributed by atoms with Crippen molar-refractivity contribution < 1.29 is 14.3 Å². The van der Waals surface area contributed by atoms with Crippen LogP contribution in [-0.4, -0.2) is 50.7 Å². The summed E-state index contributed by atoms with van der Waals surface area (Å²) < 4.78 is 16.9. The lowest BCUT2D eigenvalue weighted by molar-refractivity contribution is -0.122. The fourth-order valence-electron chi connectivity index (χ4n) is 3.62. The second-order valence-electron chi connectivity index (χ2n) is 6.93. The van der Waals surface area contributed by atoms with Crippen molar-refractivity contribution in [2.75, 3.05) is 24.8 Å². The van der Waals surface area contributed by atoms with Crippen LogP contribution in [0.3, 0.4) is 0 Å². The number of imidazole rings is 1. The van der Waals surface area contributed by atoms with Gasteiger partial charge in [-0.05, 0) is 37.0 Å².